The Kier molecular flexibility index (Phi) is 4.93. The Morgan fingerprint density at radius 3 is 2.60 bits per heavy atom. The molecule has 3 aromatic rings. The van der Waals surface area contributed by atoms with Gasteiger partial charge in [0, 0.05) is 12.1 Å². The fourth-order valence-corrected chi connectivity index (χ4v) is 2.89. The third kappa shape index (κ3) is 3.76. The van der Waals surface area contributed by atoms with Crippen LogP contribution in [0.4, 0.5) is 5.69 Å². The number of hydrogen-bond acceptors (Lipinski definition) is 3. The lowest BCUT2D eigenvalue weighted by Crippen LogP contribution is -2.26. The lowest BCUT2D eigenvalue weighted by Gasteiger charge is -2.11. The molecule has 1 aromatic carbocycles. The molecule has 0 aliphatic carbocycles. The zero-order chi connectivity index (χ0) is 17.8. The van der Waals surface area contributed by atoms with Crippen molar-refractivity contribution in [3.8, 4) is 0 Å². The number of fused-ring (bicyclic) bond motifs is 1. The van der Waals surface area contributed by atoms with E-state index < -0.39 is 0 Å². The second kappa shape index (κ2) is 7.30. The molecule has 1 N–H and O–H groups in total. The van der Waals surface area contributed by atoms with Crippen LogP contribution in [0.25, 0.3) is 5.65 Å². The fourth-order valence-electron chi connectivity index (χ4n) is 2.89. The first-order chi connectivity index (χ1) is 12.1. The summed E-state index contributed by atoms with van der Waals surface area (Å²) in [6.07, 6.45) is 1.93. The molecule has 2 aromatic heterocycles. The molecule has 1 amide bonds. The average Bonchev–Trinajstić information content (AvgIpc) is 2.59. The zero-order valence-electron chi connectivity index (χ0n) is 14.5. The van der Waals surface area contributed by atoms with Crippen LogP contribution in [0.5, 0.6) is 0 Å². The molecule has 5 nitrogen and oxygen atoms in total. The van der Waals surface area contributed by atoms with Crippen molar-refractivity contribution in [2.45, 2.75) is 33.1 Å². The van der Waals surface area contributed by atoms with Gasteiger partial charge >= 0.3 is 0 Å². The summed E-state index contributed by atoms with van der Waals surface area (Å²) >= 11 is 0. The number of carbonyl (C=O) groups is 1. The van der Waals surface area contributed by atoms with E-state index >= 15 is 0 Å². The first kappa shape index (κ1) is 16.9. The van der Waals surface area contributed by atoms with E-state index in [-0.39, 0.29) is 17.2 Å². The maximum atomic E-state index is 12.7. The molecule has 0 spiro atoms. The Morgan fingerprint density at radius 1 is 1.08 bits per heavy atom. The Balaban J connectivity index is 1.73. The number of benzene rings is 1. The lowest BCUT2D eigenvalue weighted by molar-refractivity contribution is -0.116. The number of nitrogens with one attached hydrogen (secondary N) is 1. The molecule has 128 valence electrons. The minimum Gasteiger partial charge on any atom is -0.320 e. The second-order valence-corrected chi connectivity index (χ2v) is 6.13. The van der Waals surface area contributed by atoms with Crippen LogP contribution in [-0.4, -0.2) is 15.3 Å². The third-order valence-electron chi connectivity index (χ3n) is 4.20. The predicted molar refractivity (Wildman–Crippen MR) is 98.9 cm³/mol. The van der Waals surface area contributed by atoms with Gasteiger partial charge in [0.2, 0.25) is 5.91 Å². The lowest BCUT2D eigenvalue weighted by atomic mass is 10.1. The number of pyridine rings is 1. The number of nitrogens with zero attached hydrogens (tertiary/aromatic N) is 2. The number of carbonyl (C=O) groups excluding carboxylic acids is 1. The van der Waals surface area contributed by atoms with Crippen molar-refractivity contribution in [3.05, 3.63) is 75.8 Å². The van der Waals surface area contributed by atoms with Gasteiger partial charge in [-0.05, 0) is 44.4 Å². The zero-order valence-corrected chi connectivity index (χ0v) is 14.5. The van der Waals surface area contributed by atoms with Gasteiger partial charge in [-0.15, -0.1) is 0 Å². The summed E-state index contributed by atoms with van der Waals surface area (Å²) in [6.45, 7) is 3.58. The standard InChI is InChI=1S/C20H21N3O2/c1-14-8-6-12-17-21-15(2)19(20(25)23(14)17)22-18(24)13-7-11-16-9-4-3-5-10-16/h3-6,8-10,12H,7,11,13H2,1-2H3,(H,22,24). The molecule has 0 fully saturated rings. The monoisotopic (exact) mass is 335 g/mol. The van der Waals surface area contributed by atoms with E-state index in [1.165, 1.54) is 9.96 Å². The Labute approximate surface area is 146 Å². The molecule has 0 bridgehead atoms. The van der Waals surface area contributed by atoms with Crippen LogP contribution in [0.2, 0.25) is 0 Å². The van der Waals surface area contributed by atoms with E-state index in [1.807, 2.05) is 49.4 Å². The molecule has 0 unspecified atom stereocenters. The van der Waals surface area contributed by atoms with Gasteiger partial charge in [-0.2, -0.15) is 0 Å². The van der Waals surface area contributed by atoms with Crippen molar-refractivity contribution in [2.75, 3.05) is 5.32 Å². The number of rotatable bonds is 5. The molecule has 0 saturated carbocycles. The Morgan fingerprint density at radius 2 is 1.84 bits per heavy atom. The minimum absolute atomic E-state index is 0.161. The summed E-state index contributed by atoms with van der Waals surface area (Å²) in [5, 5.41) is 2.75. The topological polar surface area (TPSA) is 63.5 Å². The minimum atomic E-state index is -0.239. The summed E-state index contributed by atoms with van der Waals surface area (Å²) < 4.78 is 1.52. The molecule has 0 saturated heterocycles. The van der Waals surface area contributed by atoms with Crippen LogP contribution >= 0.6 is 0 Å². The van der Waals surface area contributed by atoms with Gasteiger partial charge in [0.05, 0.1) is 5.69 Å². The fraction of sp³-hybridized carbons (Fsp3) is 0.250. The van der Waals surface area contributed by atoms with Gasteiger partial charge < -0.3 is 5.32 Å². The normalized spacial score (nSPS) is 10.8. The molecule has 0 atom stereocenters. The van der Waals surface area contributed by atoms with Crippen LogP contribution in [0, 0.1) is 13.8 Å². The largest absolute Gasteiger partial charge is 0.320 e. The maximum Gasteiger partial charge on any atom is 0.282 e. The van der Waals surface area contributed by atoms with E-state index in [0.717, 1.165) is 18.5 Å². The number of anilines is 1. The van der Waals surface area contributed by atoms with Crippen molar-refractivity contribution in [3.63, 3.8) is 0 Å². The van der Waals surface area contributed by atoms with Crippen LogP contribution in [0.1, 0.15) is 29.8 Å². The molecule has 25 heavy (non-hydrogen) atoms. The van der Waals surface area contributed by atoms with Crippen molar-refractivity contribution >= 4 is 17.2 Å². The van der Waals surface area contributed by atoms with Gasteiger partial charge in [0.25, 0.3) is 5.56 Å². The van der Waals surface area contributed by atoms with E-state index in [1.54, 1.807) is 13.0 Å². The SMILES string of the molecule is Cc1nc2cccc(C)n2c(=O)c1NC(=O)CCCc1ccccc1. The molecular formula is C20H21N3O2. The Bertz CT molecular complexity index is 962. The van der Waals surface area contributed by atoms with Crippen LogP contribution < -0.4 is 10.9 Å². The van der Waals surface area contributed by atoms with E-state index in [9.17, 15) is 9.59 Å². The van der Waals surface area contributed by atoms with Crippen molar-refractivity contribution in [1.82, 2.24) is 9.38 Å². The molecule has 2 heterocycles. The third-order valence-corrected chi connectivity index (χ3v) is 4.20. The highest BCUT2D eigenvalue weighted by atomic mass is 16.2. The Hall–Kier alpha value is -2.95. The predicted octanol–water partition coefficient (Wildman–Crippen LogP) is 3.27. The highest BCUT2D eigenvalue weighted by Gasteiger charge is 2.13. The highest BCUT2D eigenvalue weighted by Crippen LogP contribution is 2.12. The number of hydrogen-bond donors (Lipinski definition) is 1. The average molecular weight is 335 g/mol. The van der Waals surface area contributed by atoms with Gasteiger partial charge in [-0.1, -0.05) is 36.4 Å². The van der Waals surface area contributed by atoms with Crippen molar-refractivity contribution in [1.29, 1.82) is 0 Å². The van der Waals surface area contributed by atoms with E-state index in [4.69, 9.17) is 0 Å². The van der Waals surface area contributed by atoms with Crippen molar-refractivity contribution in [2.24, 2.45) is 0 Å². The molecular weight excluding hydrogens is 314 g/mol. The van der Waals surface area contributed by atoms with E-state index in [2.05, 4.69) is 10.3 Å². The van der Waals surface area contributed by atoms with Crippen molar-refractivity contribution < 1.29 is 4.79 Å². The quantitative estimate of drug-likeness (QED) is 0.778. The first-order valence-electron chi connectivity index (χ1n) is 8.39. The van der Waals surface area contributed by atoms with E-state index in [0.29, 0.717) is 17.8 Å². The van der Waals surface area contributed by atoms with Gasteiger partial charge in [0.15, 0.2) is 0 Å². The number of amides is 1. The van der Waals surface area contributed by atoms with Gasteiger partial charge in [-0.3, -0.25) is 14.0 Å². The van der Waals surface area contributed by atoms with Crippen LogP contribution in [0.15, 0.2) is 53.3 Å². The molecule has 0 aliphatic heterocycles. The molecule has 0 aliphatic rings. The van der Waals surface area contributed by atoms with Crippen LogP contribution in [-0.2, 0) is 11.2 Å². The smallest absolute Gasteiger partial charge is 0.282 e. The number of aromatic nitrogens is 2. The molecule has 3 rings (SSSR count). The summed E-state index contributed by atoms with van der Waals surface area (Å²) in [7, 11) is 0. The van der Waals surface area contributed by atoms with Gasteiger partial charge in [-0.25, -0.2) is 4.98 Å². The summed E-state index contributed by atoms with van der Waals surface area (Å²) in [5.74, 6) is -0.161. The first-order valence-corrected chi connectivity index (χ1v) is 8.39. The summed E-state index contributed by atoms with van der Waals surface area (Å²) in [6, 6.07) is 15.5. The van der Waals surface area contributed by atoms with Crippen LogP contribution in [0.3, 0.4) is 0 Å². The summed E-state index contributed by atoms with van der Waals surface area (Å²) in [5.41, 5.74) is 3.13. The maximum absolute atomic E-state index is 12.7. The second-order valence-electron chi connectivity index (χ2n) is 6.13. The molecule has 5 heteroatoms. The number of aryl methyl sites for hydroxylation is 3. The summed E-state index contributed by atoms with van der Waals surface area (Å²) in [4.78, 5) is 29.4. The van der Waals surface area contributed by atoms with Gasteiger partial charge in [0.1, 0.15) is 11.3 Å². The molecule has 0 radical (unpaired) electrons. The highest BCUT2D eigenvalue weighted by molar-refractivity contribution is 5.91.